The molecule has 1 saturated heterocycles. The molecular weight excluding hydrogens is 252 g/mol. The maximum atomic E-state index is 8.93. The van der Waals surface area contributed by atoms with Crippen LogP contribution in [0, 0.1) is 5.92 Å². The maximum absolute atomic E-state index is 8.93. The summed E-state index contributed by atoms with van der Waals surface area (Å²) >= 11 is 0. The highest BCUT2D eigenvalue weighted by Gasteiger charge is 2.17. The largest absolute Gasteiger partial charge is 0.394 e. The van der Waals surface area contributed by atoms with Gasteiger partial charge < -0.3 is 10.4 Å². The third kappa shape index (κ3) is 4.89. The molecule has 20 heavy (non-hydrogen) atoms. The Morgan fingerprint density at radius 1 is 1.45 bits per heavy atom. The maximum Gasteiger partial charge on any atom is 0.0640 e. The fourth-order valence-electron chi connectivity index (χ4n) is 2.95. The molecule has 1 aromatic heterocycles. The van der Waals surface area contributed by atoms with Gasteiger partial charge in [0.25, 0.3) is 0 Å². The van der Waals surface area contributed by atoms with Gasteiger partial charge in [0.05, 0.1) is 19.3 Å². The summed E-state index contributed by atoms with van der Waals surface area (Å²) < 4.78 is 1.82. The minimum absolute atomic E-state index is 0.148. The number of rotatable bonds is 8. The smallest absolute Gasteiger partial charge is 0.0640 e. The minimum atomic E-state index is 0.148. The van der Waals surface area contributed by atoms with Gasteiger partial charge in [-0.1, -0.05) is 6.92 Å². The van der Waals surface area contributed by atoms with Crippen molar-refractivity contribution in [3.63, 3.8) is 0 Å². The fraction of sp³-hybridized carbons (Fsp3) is 0.800. The number of aliphatic hydroxyl groups is 1. The molecule has 2 heterocycles. The van der Waals surface area contributed by atoms with Gasteiger partial charge in [0, 0.05) is 24.8 Å². The summed E-state index contributed by atoms with van der Waals surface area (Å²) in [6.07, 6.45) is 7.77. The fourth-order valence-corrected chi connectivity index (χ4v) is 2.95. The van der Waals surface area contributed by atoms with E-state index < -0.39 is 0 Å². The second-order valence-electron chi connectivity index (χ2n) is 5.76. The van der Waals surface area contributed by atoms with Crippen LogP contribution in [-0.4, -0.2) is 52.6 Å². The summed E-state index contributed by atoms with van der Waals surface area (Å²) in [5, 5.41) is 16.7. The molecule has 0 radical (unpaired) electrons. The Hall–Kier alpha value is -0.910. The van der Waals surface area contributed by atoms with E-state index in [0.29, 0.717) is 6.54 Å². The van der Waals surface area contributed by atoms with Gasteiger partial charge >= 0.3 is 0 Å². The standard InChI is InChI=1S/C15H28N4O/c1-2-7-18(11-14-3-5-16-6-4-14)12-15-10-17-19(13-15)8-9-20/h10,13-14,16,20H,2-9,11-12H2,1H3. The first-order valence-corrected chi connectivity index (χ1v) is 7.87. The molecule has 0 bridgehead atoms. The second-order valence-corrected chi connectivity index (χ2v) is 5.76. The van der Waals surface area contributed by atoms with Crippen molar-refractivity contribution < 1.29 is 5.11 Å². The lowest BCUT2D eigenvalue weighted by Gasteiger charge is -2.29. The first-order chi connectivity index (χ1) is 9.81. The number of hydrogen-bond donors (Lipinski definition) is 2. The molecule has 1 fully saturated rings. The van der Waals surface area contributed by atoms with E-state index in [0.717, 1.165) is 19.0 Å². The highest BCUT2D eigenvalue weighted by molar-refractivity contribution is 5.03. The highest BCUT2D eigenvalue weighted by atomic mass is 16.3. The SMILES string of the molecule is CCCN(Cc1cnn(CCO)c1)CC1CCNCC1. The molecule has 0 atom stereocenters. The first-order valence-electron chi connectivity index (χ1n) is 7.87. The van der Waals surface area contributed by atoms with E-state index in [2.05, 4.69) is 28.4 Å². The predicted octanol–water partition coefficient (Wildman–Crippen LogP) is 1.09. The lowest BCUT2D eigenvalue weighted by molar-refractivity contribution is 0.198. The quantitative estimate of drug-likeness (QED) is 0.748. The van der Waals surface area contributed by atoms with Crippen molar-refractivity contribution in [2.45, 2.75) is 39.3 Å². The van der Waals surface area contributed by atoms with E-state index in [1.165, 1.54) is 44.5 Å². The number of nitrogens with one attached hydrogen (secondary N) is 1. The van der Waals surface area contributed by atoms with E-state index in [9.17, 15) is 0 Å². The molecular formula is C15H28N4O. The Kier molecular flexibility index (Phi) is 6.50. The molecule has 1 aromatic rings. The van der Waals surface area contributed by atoms with Crippen molar-refractivity contribution in [1.29, 1.82) is 0 Å². The molecule has 0 spiro atoms. The van der Waals surface area contributed by atoms with Gasteiger partial charge in [0.2, 0.25) is 0 Å². The molecule has 0 aliphatic carbocycles. The van der Waals surface area contributed by atoms with E-state index in [4.69, 9.17) is 5.11 Å². The van der Waals surface area contributed by atoms with Crippen LogP contribution in [0.15, 0.2) is 12.4 Å². The lowest BCUT2D eigenvalue weighted by Crippen LogP contribution is -2.36. The summed E-state index contributed by atoms with van der Waals surface area (Å²) in [6, 6.07) is 0. The molecule has 0 unspecified atom stereocenters. The number of aliphatic hydroxyl groups excluding tert-OH is 1. The topological polar surface area (TPSA) is 53.3 Å². The number of aromatic nitrogens is 2. The highest BCUT2D eigenvalue weighted by Crippen LogP contribution is 2.15. The first kappa shape index (κ1) is 15.5. The van der Waals surface area contributed by atoms with E-state index in [1.54, 1.807) is 0 Å². The van der Waals surface area contributed by atoms with Crippen LogP contribution in [0.1, 0.15) is 31.7 Å². The zero-order valence-electron chi connectivity index (χ0n) is 12.6. The molecule has 5 heteroatoms. The van der Waals surface area contributed by atoms with Crippen molar-refractivity contribution >= 4 is 0 Å². The minimum Gasteiger partial charge on any atom is -0.394 e. The Morgan fingerprint density at radius 2 is 2.25 bits per heavy atom. The number of piperidine rings is 1. The summed E-state index contributed by atoms with van der Waals surface area (Å²) in [5.74, 6) is 0.829. The monoisotopic (exact) mass is 280 g/mol. The Balaban J connectivity index is 1.86. The van der Waals surface area contributed by atoms with Crippen LogP contribution in [0.5, 0.6) is 0 Å². The second kappa shape index (κ2) is 8.39. The van der Waals surface area contributed by atoms with Gasteiger partial charge in [-0.15, -0.1) is 0 Å². The zero-order valence-corrected chi connectivity index (χ0v) is 12.6. The molecule has 5 nitrogen and oxygen atoms in total. The third-order valence-corrected chi connectivity index (χ3v) is 3.94. The molecule has 2 rings (SSSR count). The molecule has 1 aliphatic rings. The van der Waals surface area contributed by atoms with Crippen molar-refractivity contribution in [3.8, 4) is 0 Å². The van der Waals surface area contributed by atoms with Crippen LogP contribution in [0.3, 0.4) is 0 Å². The van der Waals surface area contributed by atoms with Crippen LogP contribution in [-0.2, 0) is 13.1 Å². The van der Waals surface area contributed by atoms with Crippen molar-refractivity contribution in [1.82, 2.24) is 20.0 Å². The summed E-state index contributed by atoms with van der Waals surface area (Å²) in [5.41, 5.74) is 1.25. The van der Waals surface area contributed by atoms with Gasteiger partial charge in [0.15, 0.2) is 0 Å². The van der Waals surface area contributed by atoms with Gasteiger partial charge in [-0.3, -0.25) is 9.58 Å². The molecule has 114 valence electrons. The molecule has 0 saturated carbocycles. The van der Waals surface area contributed by atoms with Crippen LogP contribution < -0.4 is 5.32 Å². The van der Waals surface area contributed by atoms with Crippen molar-refractivity contribution in [3.05, 3.63) is 18.0 Å². The van der Waals surface area contributed by atoms with E-state index >= 15 is 0 Å². The third-order valence-electron chi connectivity index (χ3n) is 3.94. The van der Waals surface area contributed by atoms with Gasteiger partial charge in [0.1, 0.15) is 0 Å². The Labute approximate surface area is 122 Å². The summed E-state index contributed by atoms with van der Waals surface area (Å²) in [7, 11) is 0. The Bertz CT molecular complexity index is 374. The summed E-state index contributed by atoms with van der Waals surface area (Å²) in [4.78, 5) is 2.55. The molecule has 0 amide bonds. The van der Waals surface area contributed by atoms with Crippen LogP contribution >= 0.6 is 0 Å². The van der Waals surface area contributed by atoms with E-state index in [1.807, 2.05) is 10.9 Å². The number of nitrogens with zero attached hydrogens (tertiary/aromatic N) is 3. The van der Waals surface area contributed by atoms with E-state index in [-0.39, 0.29) is 6.61 Å². The molecule has 1 aliphatic heterocycles. The van der Waals surface area contributed by atoms with Gasteiger partial charge in [-0.25, -0.2) is 0 Å². The number of hydrogen-bond acceptors (Lipinski definition) is 4. The van der Waals surface area contributed by atoms with Gasteiger partial charge in [-0.2, -0.15) is 5.10 Å². The van der Waals surface area contributed by atoms with Crippen LogP contribution in [0.2, 0.25) is 0 Å². The molecule has 2 N–H and O–H groups in total. The average Bonchev–Trinajstić information content (AvgIpc) is 2.88. The van der Waals surface area contributed by atoms with Crippen LogP contribution in [0.4, 0.5) is 0 Å². The Morgan fingerprint density at radius 3 is 2.95 bits per heavy atom. The zero-order chi connectivity index (χ0) is 14.2. The van der Waals surface area contributed by atoms with Crippen molar-refractivity contribution in [2.24, 2.45) is 5.92 Å². The average molecular weight is 280 g/mol. The predicted molar refractivity (Wildman–Crippen MR) is 80.5 cm³/mol. The van der Waals surface area contributed by atoms with Gasteiger partial charge in [-0.05, 0) is 44.8 Å². The lowest BCUT2D eigenvalue weighted by atomic mass is 9.97. The summed E-state index contributed by atoms with van der Waals surface area (Å²) in [6.45, 7) is 8.62. The molecule has 0 aromatic carbocycles. The van der Waals surface area contributed by atoms with Crippen LogP contribution in [0.25, 0.3) is 0 Å². The van der Waals surface area contributed by atoms with Crippen molar-refractivity contribution in [2.75, 3.05) is 32.8 Å². The normalized spacial score (nSPS) is 16.9.